The predicted molar refractivity (Wildman–Crippen MR) is 79.9 cm³/mol. The van der Waals surface area contributed by atoms with Crippen LogP contribution in [0.5, 0.6) is 0 Å². The van der Waals surface area contributed by atoms with Crippen molar-refractivity contribution in [2.24, 2.45) is 5.73 Å². The molecule has 4 nitrogen and oxygen atoms in total. The third-order valence-corrected chi connectivity index (χ3v) is 2.45. The molecule has 1 heterocycles. The molecule has 0 aromatic carbocycles. The lowest BCUT2D eigenvalue weighted by atomic mass is 10.2. The summed E-state index contributed by atoms with van der Waals surface area (Å²) in [6.07, 6.45) is 11.9. The summed E-state index contributed by atoms with van der Waals surface area (Å²) in [5.41, 5.74) is 5.45. The average Bonchev–Trinajstić information content (AvgIpc) is 2.70. The van der Waals surface area contributed by atoms with Crippen LogP contribution >= 0.6 is 0 Å². The number of pyridine rings is 1. The van der Waals surface area contributed by atoms with Crippen molar-refractivity contribution in [2.45, 2.75) is 20.3 Å². The van der Waals surface area contributed by atoms with Gasteiger partial charge in [0.05, 0.1) is 0 Å². The molecule has 0 unspecified atom stereocenters. The number of carbonyl (C=O) groups is 1. The Labute approximate surface area is 114 Å². The number of aromatic nitrogens is 1. The van der Waals surface area contributed by atoms with E-state index in [2.05, 4.69) is 0 Å². The first-order valence-electron chi connectivity index (χ1n) is 6.25. The van der Waals surface area contributed by atoms with E-state index < -0.39 is 11.5 Å². The molecule has 0 atom stereocenters. The third kappa shape index (κ3) is 3.55. The molecule has 1 aromatic rings. The van der Waals surface area contributed by atoms with Crippen LogP contribution in [0.2, 0.25) is 0 Å². The lowest BCUT2D eigenvalue weighted by molar-refractivity contribution is 0.0998. The molecule has 1 aliphatic rings. The topological polar surface area (TPSA) is 65.1 Å². The molecule has 0 saturated carbocycles. The Kier molecular flexibility index (Phi) is 5.54. The molecule has 1 aromatic heterocycles. The molecule has 0 aliphatic heterocycles. The van der Waals surface area contributed by atoms with Crippen LogP contribution in [-0.4, -0.2) is 10.5 Å². The maximum Gasteiger partial charge on any atom is 0.267 e. The van der Waals surface area contributed by atoms with Gasteiger partial charge in [0.15, 0.2) is 0 Å². The number of allylic oxidation sites excluding steroid dienone is 6. The van der Waals surface area contributed by atoms with E-state index in [-0.39, 0.29) is 6.99 Å². The van der Waals surface area contributed by atoms with Gasteiger partial charge in [-0.3, -0.25) is 14.2 Å². The van der Waals surface area contributed by atoms with Crippen molar-refractivity contribution < 1.29 is 6.22 Å². The molecule has 0 bridgehead atoms. The number of nitrogens with zero attached hydrogens (tertiary/aromatic N) is 1. The van der Waals surface area contributed by atoms with Gasteiger partial charge in [0, 0.05) is 13.3 Å². The molecule has 0 fully saturated rings. The van der Waals surface area contributed by atoms with Crippen LogP contribution in [0, 0.1) is 0 Å². The lowest BCUT2D eigenvalue weighted by Gasteiger charge is -2.06. The molecule has 19 heavy (non-hydrogen) atoms. The Hall–Kier alpha value is -2.36. The minimum atomic E-state index is -0.710. The standard InChI is InChI=1S/C13H12N2O2.C2H6.H2/c14-12(16)11-8-5-9-15(13(11)17)10-6-3-1-2-4-7-10;1-2;/h1,3-9H,2H2,(H2,14,16);1-2H3;1H. The molecule has 0 spiro atoms. The second-order valence-electron chi connectivity index (χ2n) is 3.62. The zero-order chi connectivity index (χ0) is 14.3. The number of hydrogen-bond acceptors (Lipinski definition) is 2. The van der Waals surface area contributed by atoms with E-state index in [0.29, 0.717) is 5.70 Å². The van der Waals surface area contributed by atoms with Crippen molar-refractivity contribution in [3.8, 4) is 0 Å². The summed E-state index contributed by atoms with van der Waals surface area (Å²) in [5.74, 6) is -0.710. The van der Waals surface area contributed by atoms with Gasteiger partial charge in [-0.2, -0.15) is 0 Å². The Morgan fingerprint density at radius 1 is 1.37 bits per heavy atom. The number of hydrogen-bond donors (Lipinski definition) is 1. The fraction of sp³-hybridized carbons (Fsp3) is 0.200. The number of amides is 1. The number of rotatable bonds is 2. The normalized spacial score (nSPS) is 13.1. The van der Waals surface area contributed by atoms with Crippen molar-refractivity contribution in [1.29, 1.82) is 0 Å². The van der Waals surface area contributed by atoms with Crippen LogP contribution < -0.4 is 11.3 Å². The first-order chi connectivity index (χ1) is 9.20. The summed E-state index contributed by atoms with van der Waals surface area (Å²) in [6, 6.07) is 3.06. The summed E-state index contributed by atoms with van der Waals surface area (Å²) < 4.78 is 1.41. The van der Waals surface area contributed by atoms with Crippen LogP contribution in [0.25, 0.3) is 5.70 Å². The zero-order valence-corrected chi connectivity index (χ0v) is 11.2. The van der Waals surface area contributed by atoms with Gasteiger partial charge in [-0.1, -0.05) is 32.1 Å². The molecular formula is C15H20N2O2. The maximum absolute atomic E-state index is 12.0. The minimum Gasteiger partial charge on any atom is -0.365 e. The van der Waals surface area contributed by atoms with Crippen molar-refractivity contribution in [3.05, 3.63) is 64.6 Å². The van der Waals surface area contributed by atoms with E-state index in [1.807, 2.05) is 44.2 Å². The molecule has 1 aliphatic carbocycles. The van der Waals surface area contributed by atoms with E-state index >= 15 is 0 Å². The maximum atomic E-state index is 12.0. The van der Waals surface area contributed by atoms with Gasteiger partial charge in [0.25, 0.3) is 11.5 Å². The predicted octanol–water partition coefficient (Wildman–Crippen LogP) is 2.58. The highest BCUT2D eigenvalue weighted by atomic mass is 16.2. The van der Waals surface area contributed by atoms with Gasteiger partial charge in [-0.25, -0.2) is 0 Å². The summed E-state index contributed by atoms with van der Waals surface area (Å²) in [5, 5.41) is 0. The molecular weight excluding hydrogens is 240 g/mol. The Balaban J connectivity index is 0.00000115. The molecule has 0 radical (unpaired) electrons. The first-order valence-corrected chi connectivity index (χ1v) is 6.25. The highest BCUT2D eigenvalue weighted by molar-refractivity contribution is 5.92. The second-order valence-corrected chi connectivity index (χ2v) is 3.62. The van der Waals surface area contributed by atoms with E-state index in [4.69, 9.17) is 5.73 Å². The number of primary amides is 1. The molecule has 2 N–H and O–H groups in total. The summed E-state index contributed by atoms with van der Waals surface area (Å²) in [6.45, 7) is 4.00. The smallest absolute Gasteiger partial charge is 0.267 e. The summed E-state index contributed by atoms with van der Waals surface area (Å²) >= 11 is 0. The SMILES string of the molecule is CC.NC(=O)c1cccn(C2=CC=CCC=C2)c1=O.[HH]. The van der Waals surface area contributed by atoms with Crippen LogP contribution in [0.3, 0.4) is 0 Å². The van der Waals surface area contributed by atoms with Gasteiger partial charge in [-0.05, 0) is 30.7 Å². The van der Waals surface area contributed by atoms with Gasteiger partial charge in [0.1, 0.15) is 5.56 Å². The van der Waals surface area contributed by atoms with Crippen molar-refractivity contribution in [2.75, 3.05) is 0 Å². The molecule has 2 rings (SSSR count). The highest BCUT2D eigenvalue weighted by Crippen LogP contribution is 2.08. The van der Waals surface area contributed by atoms with Gasteiger partial charge in [0.2, 0.25) is 0 Å². The Morgan fingerprint density at radius 3 is 2.79 bits per heavy atom. The molecule has 0 saturated heterocycles. The van der Waals surface area contributed by atoms with Crippen LogP contribution in [0.15, 0.2) is 53.5 Å². The van der Waals surface area contributed by atoms with E-state index in [1.165, 1.54) is 10.6 Å². The van der Waals surface area contributed by atoms with Gasteiger partial charge < -0.3 is 5.73 Å². The van der Waals surface area contributed by atoms with E-state index in [9.17, 15) is 9.59 Å². The average molecular weight is 260 g/mol. The van der Waals surface area contributed by atoms with Crippen molar-refractivity contribution in [3.63, 3.8) is 0 Å². The Morgan fingerprint density at radius 2 is 2.11 bits per heavy atom. The van der Waals surface area contributed by atoms with E-state index in [0.717, 1.165) is 6.42 Å². The third-order valence-electron chi connectivity index (χ3n) is 2.45. The van der Waals surface area contributed by atoms with Crippen LogP contribution in [-0.2, 0) is 0 Å². The quantitative estimate of drug-likeness (QED) is 0.888. The number of nitrogens with two attached hydrogens (primary N) is 1. The monoisotopic (exact) mass is 260 g/mol. The minimum absolute atomic E-state index is 0. The Bertz CT molecular complexity index is 598. The molecule has 1 amide bonds. The molecule has 102 valence electrons. The molecule has 4 heteroatoms. The summed E-state index contributed by atoms with van der Waals surface area (Å²) in [7, 11) is 0. The number of carbonyl (C=O) groups excluding carboxylic acids is 1. The van der Waals surface area contributed by atoms with Gasteiger partial charge in [-0.15, -0.1) is 0 Å². The van der Waals surface area contributed by atoms with Crippen LogP contribution in [0.4, 0.5) is 0 Å². The van der Waals surface area contributed by atoms with Crippen molar-refractivity contribution in [1.82, 2.24) is 4.57 Å². The largest absolute Gasteiger partial charge is 0.365 e. The highest BCUT2D eigenvalue weighted by Gasteiger charge is 2.09. The van der Waals surface area contributed by atoms with Gasteiger partial charge >= 0.3 is 0 Å². The summed E-state index contributed by atoms with van der Waals surface area (Å²) in [4.78, 5) is 23.1. The lowest BCUT2D eigenvalue weighted by Crippen LogP contribution is -2.28. The van der Waals surface area contributed by atoms with Crippen molar-refractivity contribution >= 4 is 11.6 Å². The fourth-order valence-electron chi connectivity index (χ4n) is 1.61. The zero-order valence-electron chi connectivity index (χ0n) is 11.2. The first kappa shape index (κ1) is 14.7. The fourth-order valence-corrected chi connectivity index (χ4v) is 1.61. The van der Waals surface area contributed by atoms with Crippen LogP contribution in [0.1, 0.15) is 32.1 Å². The van der Waals surface area contributed by atoms with E-state index in [1.54, 1.807) is 12.3 Å². The second kappa shape index (κ2) is 7.16.